The van der Waals surface area contributed by atoms with E-state index >= 15 is 0 Å². The molecular formula is C24H30N4O5. The van der Waals surface area contributed by atoms with E-state index in [0.29, 0.717) is 0 Å². The van der Waals surface area contributed by atoms with Crippen molar-refractivity contribution >= 4 is 23.8 Å². The molecule has 2 atom stereocenters. The van der Waals surface area contributed by atoms with Gasteiger partial charge in [-0.3, -0.25) is 15.0 Å². The van der Waals surface area contributed by atoms with Crippen molar-refractivity contribution in [1.82, 2.24) is 21.5 Å². The number of rotatable bonds is 9. The normalized spacial score (nSPS) is 12.2. The molecular weight excluding hydrogens is 424 g/mol. The lowest BCUT2D eigenvalue weighted by atomic mass is 10.1. The molecule has 0 radical (unpaired) electrons. The van der Waals surface area contributed by atoms with Crippen LogP contribution in [0.2, 0.25) is 0 Å². The number of hydrazine groups is 1. The molecule has 9 heteroatoms. The molecule has 176 valence electrons. The Morgan fingerprint density at radius 2 is 1.39 bits per heavy atom. The first-order valence-corrected chi connectivity index (χ1v) is 10.6. The summed E-state index contributed by atoms with van der Waals surface area (Å²) in [5.74, 6) is -1.82. The number of urea groups is 1. The zero-order valence-corrected chi connectivity index (χ0v) is 19.0. The van der Waals surface area contributed by atoms with Gasteiger partial charge in [0.15, 0.2) is 0 Å². The minimum absolute atomic E-state index is 0.0841. The van der Waals surface area contributed by atoms with Crippen LogP contribution in [0.25, 0.3) is 0 Å². The maximum atomic E-state index is 12.5. The van der Waals surface area contributed by atoms with E-state index < -0.39 is 30.0 Å². The summed E-state index contributed by atoms with van der Waals surface area (Å²) in [6.45, 7) is 4.92. The number of hydrogen-bond donors (Lipinski definition) is 4. The van der Waals surface area contributed by atoms with Crippen LogP contribution >= 0.6 is 0 Å². The van der Waals surface area contributed by atoms with Crippen LogP contribution in [0.4, 0.5) is 4.79 Å². The molecule has 0 saturated carbocycles. The Hall–Kier alpha value is -3.88. The number of carbonyl (C=O) groups is 4. The first-order chi connectivity index (χ1) is 15.8. The molecule has 0 spiro atoms. The van der Waals surface area contributed by atoms with Gasteiger partial charge in [0.25, 0.3) is 5.91 Å². The topological polar surface area (TPSA) is 126 Å². The highest BCUT2D eigenvalue weighted by Crippen LogP contribution is 2.07. The van der Waals surface area contributed by atoms with E-state index in [9.17, 15) is 19.2 Å². The highest BCUT2D eigenvalue weighted by molar-refractivity contribution is 5.89. The van der Waals surface area contributed by atoms with Crippen molar-refractivity contribution in [3.8, 4) is 0 Å². The fourth-order valence-corrected chi connectivity index (χ4v) is 3.00. The van der Waals surface area contributed by atoms with Crippen molar-refractivity contribution in [2.75, 3.05) is 0 Å². The van der Waals surface area contributed by atoms with Gasteiger partial charge in [0.1, 0.15) is 18.7 Å². The van der Waals surface area contributed by atoms with Gasteiger partial charge in [0, 0.05) is 13.3 Å². The van der Waals surface area contributed by atoms with E-state index in [4.69, 9.17) is 4.74 Å². The lowest BCUT2D eigenvalue weighted by molar-refractivity contribution is -0.148. The zero-order valence-electron chi connectivity index (χ0n) is 19.0. The molecule has 2 rings (SSSR count). The minimum Gasteiger partial charge on any atom is -0.459 e. The number of carbonyl (C=O) groups excluding carboxylic acids is 4. The quantitative estimate of drug-likeness (QED) is 0.340. The molecule has 33 heavy (non-hydrogen) atoms. The highest BCUT2D eigenvalue weighted by atomic mass is 16.5. The molecule has 0 aliphatic carbocycles. The van der Waals surface area contributed by atoms with Crippen molar-refractivity contribution in [1.29, 1.82) is 0 Å². The van der Waals surface area contributed by atoms with E-state index in [-0.39, 0.29) is 24.9 Å². The number of hydrogen-bond acceptors (Lipinski definition) is 5. The largest absolute Gasteiger partial charge is 0.459 e. The summed E-state index contributed by atoms with van der Waals surface area (Å²) in [5.41, 5.74) is 6.18. The second-order valence-corrected chi connectivity index (χ2v) is 7.85. The van der Waals surface area contributed by atoms with Gasteiger partial charge in [0.05, 0.1) is 0 Å². The summed E-state index contributed by atoms with van der Waals surface area (Å²) in [4.78, 5) is 48.8. The van der Waals surface area contributed by atoms with Crippen LogP contribution in [0, 0.1) is 5.92 Å². The van der Waals surface area contributed by atoms with E-state index in [1.165, 1.54) is 6.92 Å². The summed E-state index contributed by atoms with van der Waals surface area (Å²) < 4.78 is 5.31. The monoisotopic (exact) mass is 454 g/mol. The Morgan fingerprint density at radius 3 is 1.94 bits per heavy atom. The van der Waals surface area contributed by atoms with Crippen LogP contribution in [0.1, 0.15) is 31.9 Å². The van der Waals surface area contributed by atoms with Crippen molar-refractivity contribution in [3.63, 3.8) is 0 Å². The third kappa shape index (κ3) is 9.02. The first-order valence-electron chi connectivity index (χ1n) is 10.6. The predicted octanol–water partition coefficient (Wildman–Crippen LogP) is 1.83. The van der Waals surface area contributed by atoms with E-state index in [2.05, 4.69) is 21.5 Å². The molecule has 0 unspecified atom stereocenters. The average molecular weight is 455 g/mol. The Kier molecular flexibility index (Phi) is 9.88. The van der Waals surface area contributed by atoms with Crippen LogP contribution in [0.15, 0.2) is 60.7 Å². The van der Waals surface area contributed by atoms with Crippen LogP contribution in [-0.4, -0.2) is 35.9 Å². The number of esters is 1. The molecule has 0 saturated heterocycles. The van der Waals surface area contributed by atoms with Crippen LogP contribution in [0.5, 0.6) is 0 Å². The maximum absolute atomic E-state index is 12.5. The Morgan fingerprint density at radius 1 is 0.818 bits per heavy atom. The molecule has 2 aromatic carbocycles. The fourth-order valence-electron chi connectivity index (χ4n) is 3.00. The Labute approximate surface area is 193 Å². The van der Waals surface area contributed by atoms with Crippen molar-refractivity contribution in [2.45, 2.75) is 45.9 Å². The molecule has 0 fully saturated rings. The second kappa shape index (κ2) is 12.8. The van der Waals surface area contributed by atoms with Gasteiger partial charge in [-0.15, -0.1) is 0 Å². The summed E-state index contributed by atoms with van der Waals surface area (Å²) >= 11 is 0. The standard InChI is InChI=1S/C24H30N4O5/c1-16(2)21(23(31)33-15-19-12-8-5-9-13-19)26-24(32)28-27-22(30)20(25-17(3)29)14-18-10-6-4-7-11-18/h4-13,16,20-21H,14-15H2,1-3H3,(H,25,29)(H,27,30)(H2,26,28,32)/t20-,21-/m0/s1. The van der Waals surface area contributed by atoms with E-state index in [0.717, 1.165) is 11.1 Å². The number of nitrogens with one attached hydrogen (secondary N) is 4. The maximum Gasteiger partial charge on any atom is 0.334 e. The lowest BCUT2D eigenvalue weighted by Gasteiger charge is -2.22. The van der Waals surface area contributed by atoms with Gasteiger partial charge < -0.3 is 15.4 Å². The van der Waals surface area contributed by atoms with Gasteiger partial charge >= 0.3 is 12.0 Å². The van der Waals surface area contributed by atoms with Crippen molar-refractivity contribution < 1.29 is 23.9 Å². The number of ether oxygens (including phenoxy) is 1. The smallest absolute Gasteiger partial charge is 0.334 e. The summed E-state index contributed by atoms with van der Waals surface area (Å²) in [6.07, 6.45) is 0.246. The molecule has 2 aromatic rings. The van der Waals surface area contributed by atoms with E-state index in [1.54, 1.807) is 13.8 Å². The summed E-state index contributed by atoms with van der Waals surface area (Å²) in [7, 11) is 0. The Bertz CT molecular complexity index is 934. The number of amides is 4. The van der Waals surface area contributed by atoms with Gasteiger partial charge in [0.2, 0.25) is 5.91 Å². The molecule has 4 N–H and O–H groups in total. The zero-order chi connectivity index (χ0) is 24.2. The molecule has 0 bridgehead atoms. The first kappa shape index (κ1) is 25.4. The van der Waals surface area contributed by atoms with Gasteiger partial charge in [-0.1, -0.05) is 74.5 Å². The Balaban J connectivity index is 1.89. The highest BCUT2D eigenvalue weighted by Gasteiger charge is 2.26. The van der Waals surface area contributed by atoms with Crippen molar-refractivity contribution in [3.05, 3.63) is 71.8 Å². The summed E-state index contributed by atoms with van der Waals surface area (Å²) in [5, 5.41) is 5.08. The molecule has 0 aliphatic rings. The fraction of sp³-hybridized carbons (Fsp3) is 0.333. The lowest BCUT2D eigenvalue weighted by Crippen LogP contribution is -2.57. The van der Waals surface area contributed by atoms with Gasteiger partial charge in [-0.2, -0.15) is 0 Å². The SMILES string of the molecule is CC(=O)N[C@@H](Cc1ccccc1)C(=O)NNC(=O)N[C@H](C(=O)OCc1ccccc1)C(C)C. The van der Waals surface area contributed by atoms with Crippen molar-refractivity contribution in [2.24, 2.45) is 5.92 Å². The molecule has 0 heterocycles. The predicted molar refractivity (Wildman–Crippen MR) is 122 cm³/mol. The number of benzene rings is 2. The van der Waals surface area contributed by atoms with Crippen LogP contribution in [-0.2, 0) is 32.1 Å². The van der Waals surface area contributed by atoms with Gasteiger partial charge in [-0.05, 0) is 17.0 Å². The average Bonchev–Trinajstić information content (AvgIpc) is 2.80. The van der Waals surface area contributed by atoms with E-state index in [1.807, 2.05) is 60.7 Å². The van der Waals surface area contributed by atoms with Gasteiger partial charge in [-0.25, -0.2) is 15.0 Å². The minimum atomic E-state index is -0.916. The molecule has 4 amide bonds. The second-order valence-electron chi connectivity index (χ2n) is 7.85. The summed E-state index contributed by atoms with van der Waals surface area (Å²) in [6, 6.07) is 15.8. The third-order valence-corrected chi connectivity index (χ3v) is 4.71. The molecule has 9 nitrogen and oxygen atoms in total. The third-order valence-electron chi connectivity index (χ3n) is 4.71. The molecule has 0 aliphatic heterocycles. The van der Waals surface area contributed by atoms with Crippen LogP contribution < -0.4 is 21.5 Å². The van der Waals surface area contributed by atoms with Crippen LogP contribution in [0.3, 0.4) is 0 Å². The molecule has 0 aromatic heterocycles.